The van der Waals surface area contributed by atoms with Crippen molar-refractivity contribution in [3.8, 4) is 11.8 Å². The Labute approximate surface area is 211 Å². The quantitative estimate of drug-likeness (QED) is 0.273. The van der Waals surface area contributed by atoms with Crippen molar-refractivity contribution in [3.63, 3.8) is 0 Å². The van der Waals surface area contributed by atoms with Crippen molar-refractivity contribution in [3.05, 3.63) is 92.4 Å². The van der Waals surface area contributed by atoms with Gasteiger partial charge in [-0.2, -0.15) is 5.26 Å². The van der Waals surface area contributed by atoms with E-state index in [9.17, 15) is 14.9 Å². The molecule has 0 heterocycles. The van der Waals surface area contributed by atoms with Crippen molar-refractivity contribution in [2.45, 2.75) is 13.8 Å². The number of nitrogens with zero attached hydrogens (tertiary/aromatic N) is 1. The highest BCUT2D eigenvalue weighted by molar-refractivity contribution is 9.10. The van der Waals surface area contributed by atoms with Gasteiger partial charge < -0.3 is 15.4 Å². The van der Waals surface area contributed by atoms with Crippen LogP contribution in [0.4, 0.5) is 11.4 Å². The highest BCUT2D eigenvalue weighted by atomic mass is 79.9. The van der Waals surface area contributed by atoms with Crippen LogP contribution in [0.5, 0.6) is 5.75 Å². The van der Waals surface area contributed by atoms with Gasteiger partial charge in [0.2, 0.25) is 0 Å². The van der Waals surface area contributed by atoms with Crippen molar-refractivity contribution in [1.82, 2.24) is 0 Å². The lowest BCUT2D eigenvalue weighted by molar-refractivity contribution is -0.118. The lowest BCUT2D eigenvalue weighted by Crippen LogP contribution is -2.20. The van der Waals surface area contributed by atoms with Gasteiger partial charge in [0.05, 0.1) is 0 Å². The molecule has 0 spiro atoms. The molecule has 172 valence electrons. The van der Waals surface area contributed by atoms with Gasteiger partial charge in [-0.3, -0.25) is 9.59 Å². The molecule has 6 nitrogen and oxygen atoms in total. The molecule has 0 unspecified atom stereocenters. The molecule has 0 aromatic heterocycles. The standard InChI is InChI=1S/C26H21BrClN3O3/c1-16-6-8-23(10-17(16)2)30-25(32)15-34-24-9-7-20(27)12-18(24)11-19(14-29)26(33)31-22-5-3-4-21(28)13-22/h3-13H,15H2,1-2H3,(H,30,32)(H,31,33)/b19-11-. The van der Waals surface area contributed by atoms with Crippen LogP contribution in [-0.2, 0) is 9.59 Å². The third-order valence-electron chi connectivity index (χ3n) is 4.87. The maximum absolute atomic E-state index is 12.6. The van der Waals surface area contributed by atoms with E-state index < -0.39 is 5.91 Å². The van der Waals surface area contributed by atoms with E-state index in [0.29, 0.717) is 27.7 Å². The number of aryl methyl sites for hydroxylation is 2. The van der Waals surface area contributed by atoms with Crippen molar-refractivity contribution in [2.24, 2.45) is 0 Å². The fraction of sp³-hybridized carbons (Fsp3) is 0.115. The van der Waals surface area contributed by atoms with Crippen molar-refractivity contribution in [2.75, 3.05) is 17.2 Å². The molecule has 2 N–H and O–H groups in total. The molecule has 2 amide bonds. The number of rotatable bonds is 7. The topological polar surface area (TPSA) is 91.2 Å². The lowest BCUT2D eigenvalue weighted by Gasteiger charge is -2.12. The summed E-state index contributed by atoms with van der Waals surface area (Å²) in [6, 6.07) is 19.3. The SMILES string of the molecule is Cc1ccc(NC(=O)COc2ccc(Br)cc2/C=C(/C#N)C(=O)Nc2cccc(Cl)c2)cc1C. The summed E-state index contributed by atoms with van der Waals surface area (Å²) < 4.78 is 6.42. The summed E-state index contributed by atoms with van der Waals surface area (Å²) >= 11 is 9.33. The van der Waals surface area contributed by atoms with Crippen molar-refractivity contribution < 1.29 is 14.3 Å². The smallest absolute Gasteiger partial charge is 0.266 e. The maximum Gasteiger partial charge on any atom is 0.266 e. The first kappa shape index (κ1) is 25.0. The van der Waals surface area contributed by atoms with Crippen LogP contribution in [0.25, 0.3) is 6.08 Å². The molecular formula is C26H21BrClN3O3. The molecule has 3 aromatic carbocycles. The fourth-order valence-corrected chi connectivity index (χ4v) is 3.56. The zero-order chi connectivity index (χ0) is 24.7. The molecule has 0 aliphatic carbocycles. The predicted molar refractivity (Wildman–Crippen MR) is 138 cm³/mol. The monoisotopic (exact) mass is 537 g/mol. The molecule has 0 atom stereocenters. The molecule has 0 aliphatic rings. The van der Waals surface area contributed by atoms with Crippen LogP contribution >= 0.6 is 27.5 Å². The lowest BCUT2D eigenvalue weighted by atomic mass is 10.1. The van der Waals surface area contributed by atoms with Gasteiger partial charge in [-0.15, -0.1) is 0 Å². The zero-order valence-corrected chi connectivity index (χ0v) is 20.8. The number of carbonyl (C=O) groups is 2. The summed E-state index contributed by atoms with van der Waals surface area (Å²) in [6.45, 7) is 3.72. The van der Waals surface area contributed by atoms with E-state index >= 15 is 0 Å². The second kappa shape index (κ2) is 11.5. The van der Waals surface area contributed by atoms with Gasteiger partial charge in [0.1, 0.15) is 17.4 Å². The van der Waals surface area contributed by atoms with E-state index in [1.807, 2.05) is 38.1 Å². The van der Waals surface area contributed by atoms with Crippen LogP contribution in [0.3, 0.4) is 0 Å². The number of nitrogens with one attached hydrogen (secondary N) is 2. The molecule has 0 radical (unpaired) electrons. The number of carbonyl (C=O) groups excluding carboxylic acids is 2. The number of amides is 2. The Balaban J connectivity index is 1.74. The number of hydrogen-bond donors (Lipinski definition) is 2. The second-order valence-electron chi connectivity index (χ2n) is 7.45. The van der Waals surface area contributed by atoms with Crippen molar-refractivity contribution in [1.29, 1.82) is 5.26 Å². The Morgan fingerprint density at radius 3 is 2.50 bits per heavy atom. The summed E-state index contributed by atoms with van der Waals surface area (Å²) in [7, 11) is 0. The largest absolute Gasteiger partial charge is 0.483 e. The second-order valence-corrected chi connectivity index (χ2v) is 8.80. The molecule has 0 aliphatic heterocycles. The summed E-state index contributed by atoms with van der Waals surface area (Å²) in [5, 5.41) is 15.5. The van der Waals surface area contributed by atoms with Crippen LogP contribution in [0.1, 0.15) is 16.7 Å². The average molecular weight is 539 g/mol. The minimum atomic E-state index is -0.594. The molecule has 8 heteroatoms. The van der Waals surface area contributed by atoms with E-state index in [1.165, 1.54) is 6.08 Å². The first-order valence-corrected chi connectivity index (χ1v) is 11.4. The molecular weight excluding hydrogens is 518 g/mol. The Morgan fingerprint density at radius 1 is 1.03 bits per heavy atom. The van der Waals surface area contributed by atoms with E-state index in [4.69, 9.17) is 16.3 Å². The van der Waals surface area contributed by atoms with Crippen molar-refractivity contribution >= 4 is 56.8 Å². The minimum Gasteiger partial charge on any atom is -0.483 e. The van der Waals surface area contributed by atoms with E-state index in [-0.39, 0.29) is 18.1 Å². The first-order valence-electron chi connectivity index (χ1n) is 10.2. The number of benzene rings is 3. The van der Waals surface area contributed by atoms with Crippen LogP contribution in [0, 0.1) is 25.2 Å². The Bertz CT molecular complexity index is 1310. The Morgan fingerprint density at radius 2 is 1.79 bits per heavy atom. The highest BCUT2D eigenvalue weighted by Gasteiger charge is 2.13. The summed E-state index contributed by atoms with van der Waals surface area (Å²) in [4.78, 5) is 25.0. The number of nitriles is 1. The molecule has 3 rings (SSSR count). The van der Waals surface area contributed by atoms with Gasteiger partial charge in [0.15, 0.2) is 6.61 Å². The van der Waals surface area contributed by atoms with Gasteiger partial charge in [-0.1, -0.05) is 39.7 Å². The predicted octanol–water partition coefficient (Wildman–Crippen LogP) is 6.28. The number of halogens is 2. The summed E-state index contributed by atoms with van der Waals surface area (Å²) in [5.74, 6) is -0.578. The van der Waals surface area contributed by atoms with Gasteiger partial charge in [-0.25, -0.2) is 0 Å². The molecule has 3 aromatic rings. The van der Waals surface area contributed by atoms with Crippen LogP contribution < -0.4 is 15.4 Å². The van der Waals surface area contributed by atoms with E-state index in [0.717, 1.165) is 15.6 Å². The Hall–Kier alpha value is -3.60. The number of anilines is 2. The van der Waals surface area contributed by atoms with E-state index in [1.54, 1.807) is 42.5 Å². The van der Waals surface area contributed by atoms with Gasteiger partial charge in [-0.05, 0) is 79.6 Å². The van der Waals surface area contributed by atoms with Crippen LogP contribution in [0.15, 0.2) is 70.7 Å². The molecule has 0 fully saturated rings. The third-order valence-corrected chi connectivity index (χ3v) is 5.60. The minimum absolute atomic E-state index is 0.137. The average Bonchev–Trinajstić information content (AvgIpc) is 2.79. The maximum atomic E-state index is 12.6. The Kier molecular flexibility index (Phi) is 8.47. The molecule has 0 saturated carbocycles. The van der Waals surface area contributed by atoms with Gasteiger partial charge in [0.25, 0.3) is 11.8 Å². The number of ether oxygens (including phenoxy) is 1. The van der Waals surface area contributed by atoms with Crippen LogP contribution in [0.2, 0.25) is 5.02 Å². The molecule has 0 bridgehead atoms. The van der Waals surface area contributed by atoms with Gasteiger partial charge >= 0.3 is 0 Å². The highest BCUT2D eigenvalue weighted by Crippen LogP contribution is 2.26. The first-order chi connectivity index (χ1) is 16.2. The molecule has 34 heavy (non-hydrogen) atoms. The van der Waals surface area contributed by atoms with Crippen LogP contribution in [-0.4, -0.2) is 18.4 Å². The molecule has 0 saturated heterocycles. The van der Waals surface area contributed by atoms with E-state index in [2.05, 4.69) is 26.6 Å². The summed E-state index contributed by atoms with van der Waals surface area (Å²) in [6.07, 6.45) is 1.40. The number of hydrogen-bond acceptors (Lipinski definition) is 4. The third kappa shape index (κ3) is 6.95. The normalized spacial score (nSPS) is 10.9. The fourth-order valence-electron chi connectivity index (χ4n) is 2.99. The zero-order valence-electron chi connectivity index (χ0n) is 18.5. The van der Waals surface area contributed by atoms with Gasteiger partial charge in [0, 0.05) is 26.4 Å². The summed E-state index contributed by atoms with van der Waals surface area (Å²) in [5.41, 5.74) is 3.67.